The Bertz CT molecular complexity index is 1180. The van der Waals surface area contributed by atoms with Crippen molar-refractivity contribution in [3.8, 4) is 6.07 Å². The molecule has 0 spiro atoms. The summed E-state index contributed by atoms with van der Waals surface area (Å²) in [5.74, 6) is 0.175. The van der Waals surface area contributed by atoms with Gasteiger partial charge >= 0.3 is 0 Å². The molecule has 160 valence electrons. The van der Waals surface area contributed by atoms with E-state index >= 15 is 0 Å². The first-order valence-corrected chi connectivity index (χ1v) is 10.3. The molecule has 0 N–H and O–H groups in total. The number of nitrogens with zero attached hydrogens (tertiary/aromatic N) is 5. The second-order valence-corrected chi connectivity index (χ2v) is 7.87. The number of carbonyl (C=O) groups excluding carboxylic acids is 1. The third kappa shape index (κ3) is 3.92. The molecular weight excluding hydrogens is 394 g/mol. The quantitative estimate of drug-likeness (QED) is 0.629. The maximum atomic E-state index is 13.2. The van der Waals surface area contributed by atoms with Gasteiger partial charge in [0, 0.05) is 44.7 Å². The Morgan fingerprint density at radius 2 is 1.87 bits per heavy atom. The van der Waals surface area contributed by atoms with Crippen LogP contribution in [-0.2, 0) is 6.54 Å². The normalized spacial score (nSPS) is 14.3. The number of benzene rings is 1. The molecule has 1 aliphatic rings. The summed E-state index contributed by atoms with van der Waals surface area (Å²) in [6.45, 7) is 3.25. The van der Waals surface area contributed by atoms with Gasteiger partial charge in [-0.2, -0.15) is 5.26 Å². The number of pyridine rings is 1. The number of aromatic nitrogens is 1. The van der Waals surface area contributed by atoms with E-state index in [1.54, 1.807) is 21.6 Å². The third-order valence-electron chi connectivity index (χ3n) is 5.64. The van der Waals surface area contributed by atoms with Crippen LogP contribution in [0.1, 0.15) is 16.1 Å². The predicted molar refractivity (Wildman–Crippen MR) is 118 cm³/mol. The van der Waals surface area contributed by atoms with Gasteiger partial charge in [-0.1, -0.05) is 18.2 Å². The number of anilines is 1. The molecule has 1 fully saturated rings. The van der Waals surface area contributed by atoms with Gasteiger partial charge in [-0.15, -0.1) is 0 Å². The summed E-state index contributed by atoms with van der Waals surface area (Å²) >= 11 is 0. The number of para-hydroxylation sites is 1. The zero-order valence-corrected chi connectivity index (χ0v) is 17.7. The van der Waals surface area contributed by atoms with Gasteiger partial charge in [-0.25, -0.2) is 0 Å². The van der Waals surface area contributed by atoms with Gasteiger partial charge in [-0.05, 0) is 32.3 Å². The summed E-state index contributed by atoms with van der Waals surface area (Å²) in [7, 11) is 3.91. The Labute approximate surface area is 180 Å². The van der Waals surface area contributed by atoms with Crippen molar-refractivity contribution in [2.75, 3.05) is 51.7 Å². The fraction of sp³-hybridized carbons (Fsp3) is 0.348. The number of rotatable bonds is 5. The van der Waals surface area contributed by atoms with E-state index in [9.17, 15) is 14.9 Å². The molecule has 3 heterocycles. The fourth-order valence-electron chi connectivity index (χ4n) is 4.03. The highest BCUT2D eigenvalue weighted by atomic mass is 16.3. The van der Waals surface area contributed by atoms with E-state index in [1.165, 1.54) is 6.26 Å². The van der Waals surface area contributed by atoms with Crippen LogP contribution in [0.2, 0.25) is 0 Å². The van der Waals surface area contributed by atoms with E-state index in [1.807, 2.05) is 48.2 Å². The summed E-state index contributed by atoms with van der Waals surface area (Å²) in [6.07, 6.45) is 1.49. The van der Waals surface area contributed by atoms with Crippen molar-refractivity contribution in [1.29, 1.82) is 5.26 Å². The van der Waals surface area contributed by atoms with E-state index < -0.39 is 0 Å². The zero-order chi connectivity index (χ0) is 22.0. The van der Waals surface area contributed by atoms with Crippen LogP contribution in [0.15, 0.2) is 51.9 Å². The molecule has 31 heavy (non-hydrogen) atoms. The molecule has 0 atom stereocenters. The van der Waals surface area contributed by atoms with Crippen molar-refractivity contribution in [2.24, 2.45) is 0 Å². The second-order valence-electron chi connectivity index (χ2n) is 7.87. The molecule has 3 aromatic rings. The summed E-state index contributed by atoms with van der Waals surface area (Å²) in [6, 6.07) is 13.2. The number of furan rings is 1. The van der Waals surface area contributed by atoms with E-state index in [4.69, 9.17) is 4.42 Å². The zero-order valence-electron chi connectivity index (χ0n) is 17.7. The van der Waals surface area contributed by atoms with Crippen molar-refractivity contribution >= 4 is 22.5 Å². The summed E-state index contributed by atoms with van der Waals surface area (Å²) in [4.78, 5) is 31.6. The fourth-order valence-corrected chi connectivity index (χ4v) is 4.03. The van der Waals surface area contributed by atoms with Crippen LogP contribution in [0, 0.1) is 11.3 Å². The lowest BCUT2D eigenvalue weighted by Gasteiger charge is -2.36. The molecule has 8 nitrogen and oxygen atoms in total. The van der Waals surface area contributed by atoms with Crippen LogP contribution in [0.5, 0.6) is 0 Å². The standard InChI is InChI=1S/C23H25N5O3/c1-25(2)9-14-28-19-7-4-3-6-17(19)21(18(16-24)22(28)29)26-10-12-27(13-11-26)23(30)20-8-5-15-31-20/h3-8,15H,9-14H2,1-2H3. The summed E-state index contributed by atoms with van der Waals surface area (Å²) < 4.78 is 6.92. The van der Waals surface area contributed by atoms with Crippen molar-refractivity contribution < 1.29 is 9.21 Å². The molecule has 0 radical (unpaired) electrons. The molecule has 0 saturated carbocycles. The van der Waals surface area contributed by atoms with Crippen molar-refractivity contribution in [2.45, 2.75) is 6.54 Å². The first-order chi connectivity index (χ1) is 15.0. The van der Waals surface area contributed by atoms with Crippen molar-refractivity contribution in [1.82, 2.24) is 14.4 Å². The summed E-state index contributed by atoms with van der Waals surface area (Å²) in [5.41, 5.74) is 1.36. The largest absolute Gasteiger partial charge is 0.459 e. The molecule has 1 aromatic carbocycles. The average molecular weight is 419 g/mol. The SMILES string of the molecule is CN(C)CCn1c(=O)c(C#N)c(N2CCN(C(=O)c3ccco3)CC2)c2ccccc21. The van der Waals surface area contributed by atoms with Gasteiger partial charge in [0.15, 0.2) is 5.76 Å². The molecular formula is C23H25N5O3. The molecule has 1 amide bonds. The van der Waals surface area contributed by atoms with Crippen LogP contribution in [0.3, 0.4) is 0 Å². The van der Waals surface area contributed by atoms with Gasteiger partial charge in [-0.3, -0.25) is 9.59 Å². The van der Waals surface area contributed by atoms with Crippen LogP contribution in [-0.4, -0.2) is 67.1 Å². The van der Waals surface area contributed by atoms with Gasteiger partial charge in [0.25, 0.3) is 11.5 Å². The number of nitriles is 1. The highest BCUT2D eigenvalue weighted by Gasteiger charge is 2.27. The molecule has 0 bridgehead atoms. The number of piperazine rings is 1. The van der Waals surface area contributed by atoms with Gasteiger partial charge in [0.05, 0.1) is 17.5 Å². The van der Waals surface area contributed by atoms with Gasteiger partial charge < -0.3 is 23.7 Å². The average Bonchev–Trinajstić information content (AvgIpc) is 3.32. The number of hydrogen-bond donors (Lipinski definition) is 0. The lowest BCUT2D eigenvalue weighted by atomic mass is 10.1. The maximum Gasteiger partial charge on any atom is 0.289 e. The van der Waals surface area contributed by atoms with Crippen LogP contribution in [0.25, 0.3) is 10.9 Å². The smallest absolute Gasteiger partial charge is 0.289 e. The predicted octanol–water partition coefficient (Wildman–Crippen LogP) is 1.99. The minimum absolute atomic E-state index is 0.144. The van der Waals surface area contributed by atoms with Crippen LogP contribution >= 0.6 is 0 Å². The first-order valence-electron chi connectivity index (χ1n) is 10.3. The number of fused-ring (bicyclic) bond motifs is 1. The number of hydrogen-bond acceptors (Lipinski definition) is 6. The number of carbonyl (C=O) groups is 1. The first kappa shape index (κ1) is 20.7. The molecule has 0 unspecified atom stereocenters. The number of amides is 1. The molecule has 1 saturated heterocycles. The van der Waals surface area contributed by atoms with Crippen molar-refractivity contribution in [3.05, 3.63) is 64.3 Å². The van der Waals surface area contributed by atoms with Gasteiger partial charge in [0.1, 0.15) is 11.6 Å². The van der Waals surface area contributed by atoms with E-state index in [0.29, 0.717) is 50.7 Å². The summed E-state index contributed by atoms with van der Waals surface area (Å²) in [5, 5.41) is 10.8. The second kappa shape index (κ2) is 8.66. The maximum absolute atomic E-state index is 13.2. The Kier molecular flexibility index (Phi) is 5.78. The van der Waals surface area contributed by atoms with E-state index in [0.717, 1.165) is 10.9 Å². The minimum atomic E-state index is -0.271. The molecule has 8 heteroatoms. The Morgan fingerprint density at radius 1 is 1.13 bits per heavy atom. The van der Waals surface area contributed by atoms with Gasteiger partial charge in [0.2, 0.25) is 0 Å². The molecule has 2 aromatic heterocycles. The minimum Gasteiger partial charge on any atom is -0.459 e. The van der Waals surface area contributed by atoms with E-state index in [-0.39, 0.29) is 17.0 Å². The Morgan fingerprint density at radius 3 is 2.52 bits per heavy atom. The Balaban J connectivity index is 1.68. The van der Waals surface area contributed by atoms with Crippen LogP contribution in [0.4, 0.5) is 5.69 Å². The highest BCUT2D eigenvalue weighted by Crippen LogP contribution is 2.29. The topological polar surface area (TPSA) is 85.7 Å². The third-order valence-corrected chi connectivity index (χ3v) is 5.64. The lowest BCUT2D eigenvalue weighted by molar-refractivity contribution is 0.0715. The number of likely N-dealkylation sites (N-methyl/N-ethyl adjacent to an activating group) is 1. The molecule has 0 aliphatic carbocycles. The molecule has 1 aliphatic heterocycles. The lowest BCUT2D eigenvalue weighted by Crippen LogP contribution is -2.49. The van der Waals surface area contributed by atoms with Crippen molar-refractivity contribution in [3.63, 3.8) is 0 Å². The van der Waals surface area contributed by atoms with E-state index in [2.05, 4.69) is 6.07 Å². The molecule has 4 rings (SSSR count). The Hall–Kier alpha value is -3.57. The van der Waals surface area contributed by atoms with Crippen LogP contribution < -0.4 is 10.5 Å². The monoisotopic (exact) mass is 419 g/mol. The highest BCUT2D eigenvalue weighted by molar-refractivity contribution is 5.95.